The minimum atomic E-state index is -0.298. The van der Waals surface area contributed by atoms with Gasteiger partial charge in [0, 0.05) is 38.2 Å². The van der Waals surface area contributed by atoms with Crippen molar-refractivity contribution in [3.05, 3.63) is 51.4 Å². The van der Waals surface area contributed by atoms with Gasteiger partial charge in [-0.2, -0.15) is 5.10 Å². The first kappa shape index (κ1) is 15.1. The van der Waals surface area contributed by atoms with Crippen molar-refractivity contribution in [1.29, 1.82) is 0 Å². The summed E-state index contributed by atoms with van der Waals surface area (Å²) in [7, 11) is 3.10. The minimum Gasteiger partial charge on any atom is -0.507 e. The summed E-state index contributed by atoms with van der Waals surface area (Å²) in [5.74, 6) is 0.107. The lowest BCUT2D eigenvalue weighted by atomic mass is 10.0. The van der Waals surface area contributed by atoms with Crippen LogP contribution in [0, 0.1) is 0 Å². The molecular formula is C16H17N3O4. The van der Waals surface area contributed by atoms with Gasteiger partial charge < -0.3 is 14.7 Å². The van der Waals surface area contributed by atoms with Gasteiger partial charge in [0.25, 0.3) is 11.5 Å². The van der Waals surface area contributed by atoms with Crippen molar-refractivity contribution < 1.29 is 14.6 Å². The van der Waals surface area contributed by atoms with E-state index in [4.69, 9.17) is 4.74 Å². The van der Waals surface area contributed by atoms with Crippen LogP contribution in [0.1, 0.15) is 21.6 Å². The lowest BCUT2D eigenvalue weighted by molar-refractivity contribution is 0.0729. The summed E-state index contributed by atoms with van der Waals surface area (Å²) in [4.78, 5) is 26.0. The highest BCUT2D eigenvalue weighted by Crippen LogP contribution is 2.26. The standard InChI is InChI=1S/C16H17N3O4/c1-18-15(21)7-10-9-19(6-5-13(10)17-18)16(22)12-8-11(23-2)3-4-14(12)20/h3-4,7-8,20H,5-6,9H2,1-2H3. The monoisotopic (exact) mass is 315 g/mol. The maximum Gasteiger partial charge on any atom is 0.266 e. The molecule has 2 aromatic rings. The van der Waals surface area contributed by atoms with E-state index in [1.165, 1.54) is 30.0 Å². The van der Waals surface area contributed by atoms with Crippen LogP contribution in [0.3, 0.4) is 0 Å². The molecule has 0 spiro atoms. The molecule has 1 aromatic carbocycles. The van der Waals surface area contributed by atoms with Crippen molar-refractivity contribution in [3.8, 4) is 11.5 Å². The summed E-state index contributed by atoms with van der Waals surface area (Å²) in [6.07, 6.45) is 0.569. The third-order valence-corrected chi connectivity index (χ3v) is 3.96. The first-order valence-corrected chi connectivity index (χ1v) is 7.22. The molecule has 120 valence electrons. The molecule has 0 radical (unpaired) electrons. The third-order valence-electron chi connectivity index (χ3n) is 3.96. The fourth-order valence-electron chi connectivity index (χ4n) is 2.65. The number of carbonyl (C=O) groups excluding carboxylic acids is 1. The first-order chi connectivity index (χ1) is 11.0. The molecule has 0 aliphatic carbocycles. The Morgan fingerprint density at radius 2 is 2.13 bits per heavy atom. The number of rotatable bonds is 2. The van der Waals surface area contributed by atoms with Gasteiger partial charge in [-0.1, -0.05) is 0 Å². The van der Waals surface area contributed by atoms with Gasteiger partial charge in [-0.05, 0) is 18.2 Å². The van der Waals surface area contributed by atoms with E-state index in [9.17, 15) is 14.7 Å². The van der Waals surface area contributed by atoms with Gasteiger partial charge in [0.2, 0.25) is 0 Å². The number of aryl methyl sites for hydroxylation is 1. The molecule has 1 aliphatic heterocycles. The normalized spacial score (nSPS) is 13.6. The molecular weight excluding hydrogens is 298 g/mol. The van der Waals surface area contributed by atoms with Crippen molar-refractivity contribution in [2.45, 2.75) is 13.0 Å². The molecule has 7 heteroatoms. The number of hydrogen-bond donors (Lipinski definition) is 1. The Morgan fingerprint density at radius 1 is 1.35 bits per heavy atom. The predicted octanol–water partition coefficient (Wildman–Crippen LogP) is 0.693. The van der Waals surface area contributed by atoms with Crippen LogP contribution in [-0.4, -0.2) is 39.3 Å². The van der Waals surface area contributed by atoms with Crippen LogP contribution < -0.4 is 10.3 Å². The second kappa shape index (κ2) is 5.75. The summed E-state index contributed by atoms with van der Waals surface area (Å²) >= 11 is 0. The number of hydrogen-bond acceptors (Lipinski definition) is 5. The fourth-order valence-corrected chi connectivity index (χ4v) is 2.65. The number of aromatic hydroxyl groups is 1. The molecule has 23 heavy (non-hydrogen) atoms. The predicted molar refractivity (Wildman–Crippen MR) is 82.6 cm³/mol. The summed E-state index contributed by atoms with van der Waals surface area (Å²) in [5.41, 5.74) is 1.55. The zero-order chi connectivity index (χ0) is 16.6. The Kier molecular flexibility index (Phi) is 3.77. The van der Waals surface area contributed by atoms with Crippen molar-refractivity contribution in [2.24, 2.45) is 7.05 Å². The van der Waals surface area contributed by atoms with Gasteiger partial charge in [0.05, 0.1) is 18.4 Å². The van der Waals surface area contributed by atoms with Crippen molar-refractivity contribution in [2.75, 3.05) is 13.7 Å². The van der Waals surface area contributed by atoms with Crippen LogP contribution in [0.25, 0.3) is 0 Å². The zero-order valence-electron chi connectivity index (χ0n) is 12.9. The van der Waals surface area contributed by atoms with Gasteiger partial charge >= 0.3 is 0 Å². The van der Waals surface area contributed by atoms with Crippen LogP contribution in [0.4, 0.5) is 0 Å². The van der Waals surface area contributed by atoms with Gasteiger partial charge in [-0.25, -0.2) is 4.68 Å². The largest absolute Gasteiger partial charge is 0.507 e. The number of ether oxygens (including phenoxy) is 1. The summed E-state index contributed by atoms with van der Waals surface area (Å²) in [6, 6.07) is 6.04. The smallest absolute Gasteiger partial charge is 0.266 e. The van der Waals surface area contributed by atoms with Gasteiger partial charge in [-0.15, -0.1) is 0 Å². The van der Waals surface area contributed by atoms with E-state index in [1.54, 1.807) is 18.0 Å². The first-order valence-electron chi connectivity index (χ1n) is 7.22. The lowest BCUT2D eigenvalue weighted by Gasteiger charge is -2.28. The van der Waals surface area contributed by atoms with E-state index in [0.29, 0.717) is 25.3 Å². The summed E-state index contributed by atoms with van der Waals surface area (Å²) in [5, 5.41) is 14.2. The number of amides is 1. The molecule has 1 aliphatic rings. The quantitative estimate of drug-likeness (QED) is 0.881. The van der Waals surface area contributed by atoms with E-state index < -0.39 is 0 Å². The third kappa shape index (κ3) is 2.77. The summed E-state index contributed by atoms with van der Waals surface area (Å²) < 4.78 is 6.39. The van der Waals surface area contributed by atoms with Gasteiger partial charge in [-0.3, -0.25) is 9.59 Å². The van der Waals surface area contributed by atoms with Crippen molar-refractivity contribution in [1.82, 2.24) is 14.7 Å². The van der Waals surface area contributed by atoms with Crippen molar-refractivity contribution >= 4 is 5.91 Å². The van der Waals surface area contributed by atoms with E-state index in [1.807, 2.05) is 0 Å². The minimum absolute atomic E-state index is 0.0938. The topological polar surface area (TPSA) is 84.7 Å². The second-order valence-electron chi connectivity index (χ2n) is 5.44. The lowest BCUT2D eigenvalue weighted by Crippen LogP contribution is -2.38. The average molecular weight is 315 g/mol. The Hall–Kier alpha value is -2.83. The molecule has 7 nitrogen and oxygen atoms in total. The molecule has 0 saturated carbocycles. The van der Waals surface area contributed by atoms with Crippen LogP contribution in [0.2, 0.25) is 0 Å². The highest BCUT2D eigenvalue weighted by Gasteiger charge is 2.25. The van der Waals surface area contributed by atoms with Crippen molar-refractivity contribution in [3.63, 3.8) is 0 Å². The Balaban J connectivity index is 1.90. The second-order valence-corrected chi connectivity index (χ2v) is 5.44. The van der Waals surface area contributed by atoms with E-state index in [-0.39, 0.29) is 22.8 Å². The molecule has 1 N–H and O–H groups in total. The zero-order valence-corrected chi connectivity index (χ0v) is 12.9. The highest BCUT2D eigenvalue weighted by molar-refractivity contribution is 5.97. The maximum absolute atomic E-state index is 12.7. The van der Waals surface area contributed by atoms with Crippen LogP contribution in [0.5, 0.6) is 11.5 Å². The molecule has 0 atom stereocenters. The van der Waals surface area contributed by atoms with E-state index >= 15 is 0 Å². The molecule has 3 rings (SSSR count). The van der Waals surface area contributed by atoms with Gasteiger partial charge in [0.1, 0.15) is 11.5 Å². The summed E-state index contributed by atoms with van der Waals surface area (Å²) in [6.45, 7) is 0.779. The van der Waals surface area contributed by atoms with E-state index in [0.717, 1.165) is 11.3 Å². The average Bonchev–Trinajstić information content (AvgIpc) is 2.55. The number of methoxy groups -OCH3 is 1. The number of phenolic OH excluding ortho intramolecular Hbond substituents is 1. The Labute approximate surface area is 132 Å². The number of nitrogens with zero attached hydrogens (tertiary/aromatic N) is 3. The fraction of sp³-hybridized carbons (Fsp3) is 0.312. The number of phenols is 1. The Morgan fingerprint density at radius 3 is 2.87 bits per heavy atom. The number of fused-ring (bicyclic) bond motifs is 1. The molecule has 0 unspecified atom stereocenters. The number of carbonyl (C=O) groups is 1. The molecule has 2 heterocycles. The maximum atomic E-state index is 12.7. The highest BCUT2D eigenvalue weighted by atomic mass is 16.5. The molecule has 1 aromatic heterocycles. The molecule has 0 bridgehead atoms. The van der Waals surface area contributed by atoms with E-state index in [2.05, 4.69) is 5.10 Å². The molecule has 0 saturated heterocycles. The van der Waals surface area contributed by atoms with Crippen LogP contribution in [-0.2, 0) is 20.0 Å². The molecule has 1 amide bonds. The van der Waals surface area contributed by atoms with Gasteiger partial charge in [0.15, 0.2) is 0 Å². The SMILES string of the molecule is COc1ccc(O)c(C(=O)N2CCc3nn(C)c(=O)cc3C2)c1. The number of benzene rings is 1. The molecule has 0 fully saturated rings. The number of aromatic nitrogens is 2. The van der Waals surface area contributed by atoms with Crippen LogP contribution >= 0.6 is 0 Å². The van der Waals surface area contributed by atoms with Crippen LogP contribution in [0.15, 0.2) is 29.1 Å². The Bertz CT molecular complexity index is 829.